The molecule has 0 bridgehead atoms. The minimum Gasteiger partial charge on any atom is -0.316 e. The summed E-state index contributed by atoms with van der Waals surface area (Å²) in [5.41, 5.74) is 4.07. The molecule has 0 aliphatic carbocycles. The lowest BCUT2D eigenvalue weighted by Gasteiger charge is -2.07. The zero-order chi connectivity index (χ0) is 23.7. The van der Waals surface area contributed by atoms with Crippen molar-refractivity contribution in [1.29, 1.82) is 0 Å². The predicted molar refractivity (Wildman–Crippen MR) is 139 cm³/mol. The summed E-state index contributed by atoms with van der Waals surface area (Å²) < 4.78 is 5.50. The lowest BCUT2D eigenvalue weighted by molar-refractivity contribution is 0.102. The minimum absolute atomic E-state index is 0.261. The van der Waals surface area contributed by atoms with Crippen LogP contribution in [0.3, 0.4) is 0 Å². The van der Waals surface area contributed by atoms with Crippen LogP contribution in [0, 0.1) is 6.92 Å². The second-order valence-corrected chi connectivity index (χ2v) is 10.1. The van der Waals surface area contributed by atoms with Gasteiger partial charge in [0.1, 0.15) is 5.69 Å². The van der Waals surface area contributed by atoms with Crippen molar-refractivity contribution in [3.63, 3.8) is 0 Å². The summed E-state index contributed by atoms with van der Waals surface area (Å²) in [4.78, 5) is 30.6. The average Bonchev–Trinajstić information content (AvgIpc) is 3.37. The van der Waals surface area contributed by atoms with Gasteiger partial charge in [-0.3, -0.25) is 14.3 Å². The molecule has 2 aromatic heterocycles. The van der Waals surface area contributed by atoms with Gasteiger partial charge in [0.15, 0.2) is 4.34 Å². The Morgan fingerprint density at radius 1 is 1.00 bits per heavy atom. The number of carbonyl (C=O) groups excluding carboxylic acids is 1. The molecule has 8 heteroatoms. The van der Waals surface area contributed by atoms with Crippen LogP contribution in [0.4, 0.5) is 5.69 Å². The monoisotopic (exact) mass is 486 g/mol. The zero-order valence-electron chi connectivity index (χ0n) is 18.7. The van der Waals surface area contributed by atoms with Gasteiger partial charge in [0.05, 0.1) is 21.6 Å². The molecule has 0 fully saturated rings. The molecule has 0 aliphatic heterocycles. The molecular weight excluding hydrogens is 464 g/mol. The van der Waals surface area contributed by atoms with E-state index in [2.05, 4.69) is 16.4 Å². The molecule has 0 radical (unpaired) electrons. The van der Waals surface area contributed by atoms with Gasteiger partial charge in [-0.25, -0.2) is 9.67 Å². The van der Waals surface area contributed by atoms with Crippen molar-refractivity contribution in [2.45, 2.75) is 17.0 Å². The number of fused-ring (bicyclic) bond motifs is 1. The topological polar surface area (TPSA) is 68.9 Å². The highest BCUT2D eigenvalue weighted by Gasteiger charge is 2.18. The van der Waals surface area contributed by atoms with Gasteiger partial charge in [0, 0.05) is 18.4 Å². The molecule has 5 aromatic rings. The number of hydrogen-bond acceptors (Lipinski definition) is 5. The second kappa shape index (κ2) is 9.32. The van der Waals surface area contributed by atoms with Gasteiger partial charge in [-0.2, -0.15) is 0 Å². The second-order valence-electron chi connectivity index (χ2n) is 7.82. The lowest BCUT2D eigenvalue weighted by atomic mass is 10.1. The summed E-state index contributed by atoms with van der Waals surface area (Å²) in [6, 6.07) is 24.9. The third kappa shape index (κ3) is 4.30. The standard InChI is InChI=1S/C26H22N4O2S2/c1-17-23(25(32)30(29(17)2)20-8-4-3-5-9-20)28-24(31)19-14-12-18(13-15-19)16-33-26-27-21-10-6-7-11-22(21)34-26/h3-15H,16H2,1-2H3,(H,28,31). The van der Waals surface area contributed by atoms with Gasteiger partial charge in [-0.15, -0.1) is 11.3 Å². The third-order valence-electron chi connectivity index (χ3n) is 5.65. The molecule has 0 saturated heterocycles. The molecule has 6 nitrogen and oxygen atoms in total. The Bertz CT molecular complexity index is 1500. The highest BCUT2D eigenvalue weighted by Crippen LogP contribution is 2.31. The first-order chi connectivity index (χ1) is 16.5. The van der Waals surface area contributed by atoms with E-state index in [-0.39, 0.29) is 17.2 Å². The minimum atomic E-state index is -0.309. The van der Waals surface area contributed by atoms with Crippen LogP contribution in [0.15, 0.2) is 88.0 Å². The van der Waals surface area contributed by atoms with Crippen molar-refractivity contribution in [3.8, 4) is 5.69 Å². The van der Waals surface area contributed by atoms with Gasteiger partial charge in [-0.05, 0) is 48.9 Å². The largest absolute Gasteiger partial charge is 0.316 e. The third-order valence-corrected chi connectivity index (χ3v) is 7.90. The smallest absolute Gasteiger partial charge is 0.295 e. The highest BCUT2D eigenvalue weighted by atomic mass is 32.2. The molecule has 170 valence electrons. The normalized spacial score (nSPS) is 11.1. The molecule has 2 heterocycles. The summed E-state index contributed by atoms with van der Waals surface area (Å²) >= 11 is 3.37. The Hall–Kier alpha value is -3.62. The number of hydrogen-bond donors (Lipinski definition) is 1. The Balaban J connectivity index is 1.29. The van der Waals surface area contributed by atoms with Crippen LogP contribution in [-0.2, 0) is 12.8 Å². The Morgan fingerprint density at radius 2 is 1.71 bits per heavy atom. The quantitative estimate of drug-likeness (QED) is 0.316. The van der Waals surface area contributed by atoms with Crippen molar-refractivity contribution >= 4 is 44.9 Å². The fourth-order valence-electron chi connectivity index (χ4n) is 3.71. The number of nitrogens with one attached hydrogen (secondary N) is 1. The van der Waals surface area contributed by atoms with Crippen LogP contribution in [0.2, 0.25) is 0 Å². The number of amides is 1. The van der Waals surface area contributed by atoms with Gasteiger partial charge in [0.2, 0.25) is 0 Å². The number of nitrogens with zero attached hydrogens (tertiary/aromatic N) is 3. The van der Waals surface area contributed by atoms with Crippen molar-refractivity contribution in [3.05, 3.63) is 106 Å². The molecule has 5 rings (SSSR count). The first kappa shape index (κ1) is 22.2. The van der Waals surface area contributed by atoms with Crippen LogP contribution in [-0.4, -0.2) is 20.3 Å². The van der Waals surface area contributed by atoms with Gasteiger partial charge >= 0.3 is 0 Å². The summed E-state index contributed by atoms with van der Waals surface area (Å²) in [5, 5.41) is 2.81. The van der Waals surface area contributed by atoms with Crippen molar-refractivity contribution in [2.75, 3.05) is 5.32 Å². The number of thioether (sulfide) groups is 1. The van der Waals surface area contributed by atoms with E-state index in [1.165, 1.54) is 4.70 Å². The van der Waals surface area contributed by atoms with Crippen LogP contribution in [0.1, 0.15) is 21.6 Å². The molecular formula is C26H22N4O2S2. The Morgan fingerprint density at radius 3 is 2.44 bits per heavy atom. The molecule has 0 atom stereocenters. The summed E-state index contributed by atoms with van der Waals surface area (Å²) in [5.74, 6) is 0.456. The number of anilines is 1. The first-order valence-electron chi connectivity index (χ1n) is 10.7. The van der Waals surface area contributed by atoms with E-state index in [1.54, 1.807) is 51.6 Å². The SMILES string of the molecule is Cc1c(NC(=O)c2ccc(CSc3nc4ccccc4s3)cc2)c(=O)n(-c2ccccc2)n1C. The van der Waals surface area contributed by atoms with Gasteiger partial charge in [-0.1, -0.05) is 54.2 Å². The summed E-state index contributed by atoms with van der Waals surface area (Å²) in [6.45, 7) is 1.82. The van der Waals surface area contributed by atoms with Gasteiger partial charge in [0.25, 0.3) is 11.5 Å². The van der Waals surface area contributed by atoms with E-state index in [1.807, 2.05) is 67.6 Å². The number of thiazole rings is 1. The number of para-hydroxylation sites is 2. The van der Waals surface area contributed by atoms with Crippen molar-refractivity contribution in [2.24, 2.45) is 7.05 Å². The van der Waals surface area contributed by atoms with Crippen molar-refractivity contribution in [1.82, 2.24) is 14.3 Å². The van der Waals surface area contributed by atoms with Gasteiger partial charge < -0.3 is 5.32 Å². The van der Waals surface area contributed by atoms with E-state index in [0.29, 0.717) is 11.3 Å². The van der Waals surface area contributed by atoms with Crippen molar-refractivity contribution < 1.29 is 4.79 Å². The van der Waals surface area contributed by atoms with Crippen LogP contribution >= 0.6 is 23.1 Å². The lowest BCUT2D eigenvalue weighted by Crippen LogP contribution is -2.22. The van der Waals surface area contributed by atoms with E-state index in [4.69, 9.17) is 0 Å². The Kier molecular flexibility index (Phi) is 6.08. The molecule has 0 unspecified atom stereocenters. The van der Waals surface area contributed by atoms with Crippen LogP contribution < -0.4 is 10.9 Å². The molecule has 0 aliphatic rings. The van der Waals surface area contributed by atoms with E-state index >= 15 is 0 Å². The fraction of sp³-hybridized carbons (Fsp3) is 0.115. The molecule has 0 spiro atoms. The van der Waals surface area contributed by atoms with E-state index in [0.717, 1.165) is 26.9 Å². The van der Waals surface area contributed by atoms with Crippen LogP contribution in [0.5, 0.6) is 0 Å². The van der Waals surface area contributed by atoms with E-state index in [9.17, 15) is 9.59 Å². The predicted octanol–water partition coefficient (Wildman–Crippen LogP) is 5.64. The zero-order valence-corrected chi connectivity index (χ0v) is 20.3. The number of carbonyl (C=O) groups is 1. The van der Waals surface area contributed by atoms with Crippen LogP contribution in [0.25, 0.3) is 15.9 Å². The fourth-order valence-corrected chi connectivity index (χ4v) is 5.73. The maximum atomic E-state index is 13.0. The molecule has 1 N–H and O–H groups in total. The Labute approximate surface area is 204 Å². The maximum Gasteiger partial charge on any atom is 0.295 e. The highest BCUT2D eigenvalue weighted by molar-refractivity contribution is 8.00. The number of aromatic nitrogens is 3. The maximum absolute atomic E-state index is 13.0. The van der Waals surface area contributed by atoms with E-state index < -0.39 is 0 Å². The number of rotatable bonds is 6. The summed E-state index contributed by atoms with van der Waals surface area (Å²) in [6.07, 6.45) is 0. The molecule has 1 amide bonds. The first-order valence-corrected chi connectivity index (χ1v) is 12.5. The average molecular weight is 487 g/mol. The summed E-state index contributed by atoms with van der Waals surface area (Å²) in [7, 11) is 1.80. The number of benzene rings is 3. The molecule has 34 heavy (non-hydrogen) atoms. The molecule has 0 saturated carbocycles. The molecule has 3 aromatic carbocycles.